The van der Waals surface area contributed by atoms with E-state index >= 15 is 0 Å². The van der Waals surface area contributed by atoms with Gasteiger partial charge in [0.05, 0.1) is 4.90 Å². The molecule has 1 amide bonds. The van der Waals surface area contributed by atoms with Gasteiger partial charge in [0.15, 0.2) is 0 Å². The summed E-state index contributed by atoms with van der Waals surface area (Å²) >= 11 is 0. The zero-order valence-corrected chi connectivity index (χ0v) is 13.2. The SMILES string of the molecule is C=CCNS(=O)(=O)c1ccc(C(=O)NCC2CCCN2)cc1. The zero-order valence-electron chi connectivity index (χ0n) is 12.3. The lowest BCUT2D eigenvalue weighted by Gasteiger charge is -2.11. The second-order valence-electron chi connectivity index (χ2n) is 5.17. The molecule has 7 heteroatoms. The highest BCUT2D eigenvalue weighted by Crippen LogP contribution is 2.11. The summed E-state index contributed by atoms with van der Waals surface area (Å²) in [5.74, 6) is -0.198. The fourth-order valence-electron chi connectivity index (χ4n) is 2.29. The molecule has 1 fully saturated rings. The van der Waals surface area contributed by atoms with Crippen LogP contribution in [0.2, 0.25) is 0 Å². The Morgan fingerprint density at radius 3 is 2.68 bits per heavy atom. The maximum atomic E-state index is 12.0. The fourth-order valence-corrected chi connectivity index (χ4v) is 3.28. The van der Waals surface area contributed by atoms with Gasteiger partial charge in [-0.3, -0.25) is 4.79 Å². The van der Waals surface area contributed by atoms with Gasteiger partial charge in [0.1, 0.15) is 0 Å². The Morgan fingerprint density at radius 2 is 2.09 bits per heavy atom. The summed E-state index contributed by atoms with van der Waals surface area (Å²) in [6, 6.07) is 6.20. The van der Waals surface area contributed by atoms with Crippen LogP contribution in [0.5, 0.6) is 0 Å². The van der Waals surface area contributed by atoms with Gasteiger partial charge in [-0.1, -0.05) is 6.08 Å². The average molecular weight is 323 g/mol. The van der Waals surface area contributed by atoms with E-state index < -0.39 is 10.0 Å². The normalized spacial score (nSPS) is 18.1. The summed E-state index contributed by atoms with van der Waals surface area (Å²) in [6.45, 7) is 5.20. The van der Waals surface area contributed by atoms with Crippen molar-refractivity contribution >= 4 is 15.9 Å². The van der Waals surface area contributed by atoms with Crippen LogP contribution >= 0.6 is 0 Å². The highest BCUT2D eigenvalue weighted by molar-refractivity contribution is 7.89. The van der Waals surface area contributed by atoms with Crippen molar-refractivity contribution < 1.29 is 13.2 Å². The highest BCUT2D eigenvalue weighted by atomic mass is 32.2. The van der Waals surface area contributed by atoms with Crippen LogP contribution in [-0.4, -0.2) is 40.0 Å². The van der Waals surface area contributed by atoms with Gasteiger partial charge >= 0.3 is 0 Å². The lowest BCUT2D eigenvalue weighted by Crippen LogP contribution is -2.37. The van der Waals surface area contributed by atoms with Crippen molar-refractivity contribution in [2.45, 2.75) is 23.8 Å². The molecule has 1 aliphatic rings. The van der Waals surface area contributed by atoms with Crippen LogP contribution < -0.4 is 15.4 Å². The minimum atomic E-state index is -3.55. The molecular weight excluding hydrogens is 302 g/mol. The summed E-state index contributed by atoms with van der Waals surface area (Å²) in [6.07, 6.45) is 3.66. The number of hydrogen-bond donors (Lipinski definition) is 3. The third-order valence-electron chi connectivity index (χ3n) is 3.52. The first-order valence-electron chi connectivity index (χ1n) is 7.25. The number of benzene rings is 1. The average Bonchev–Trinajstić information content (AvgIpc) is 3.04. The Bertz CT molecular complexity index is 620. The Labute approximate surface area is 131 Å². The molecule has 2 rings (SSSR count). The molecule has 0 aliphatic carbocycles. The summed E-state index contributed by atoms with van der Waals surface area (Å²) in [5.41, 5.74) is 0.445. The van der Waals surface area contributed by atoms with Gasteiger partial charge in [-0.25, -0.2) is 13.1 Å². The lowest BCUT2D eigenvalue weighted by molar-refractivity contribution is 0.0950. The number of amides is 1. The smallest absolute Gasteiger partial charge is 0.251 e. The van der Waals surface area contributed by atoms with Crippen molar-refractivity contribution in [1.82, 2.24) is 15.4 Å². The third kappa shape index (κ3) is 4.40. The standard InChI is InChI=1S/C15H21N3O3S/c1-2-9-18-22(20,21)14-7-5-12(6-8-14)15(19)17-11-13-4-3-10-16-13/h2,5-8,13,16,18H,1,3-4,9-11H2,(H,17,19). The predicted octanol–water partition coefficient (Wildman–Crippen LogP) is 0.633. The van der Waals surface area contributed by atoms with Crippen LogP contribution in [0.4, 0.5) is 0 Å². The summed E-state index contributed by atoms with van der Waals surface area (Å²) in [4.78, 5) is 12.1. The number of sulfonamides is 1. The summed E-state index contributed by atoms with van der Waals surface area (Å²) < 4.78 is 26.2. The first kappa shape index (κ1) is 16.7. The molecule has 3 N–H and O–H groups in total. The molecule has 0 aromatic heterocycles. The van der Waals surface area contributed by atoms with Crippen molar-refractivity contribution in [2.24, 2.45) is 0 Å². The third-order valence-corrected chi connectivity index (χ3v) is 4.96. The minimum absolute atomic E-state index is 0.128. The van der Waals surface area contributed by atoms with E-state index in [2.05, 4.69) is 21.9 Å². The predicted molar refractivity (Wildman–Crippen MR) is 85.2 cm³/mol. The maximum Gasteiger partial charge on any atom is 0.251 e. The van der Waals surface area contributed by atoms with E-state index in [0.717, 1.165) is 19.4 Å². The van der Waals surface area contributed by atoms with Crippen molar-refractivity contribution in [3.8, 4) is 0 Å². The van der Waals surface area contributed by atoms with Crippen LogP contribution in [-0.2, 0) is 10.0 Å². The Balaban J connectivity index is 1.95. The molecule has 0 saturated carbocycles. The Kier molecular flexibility index (Phi) is 5.70. The van der Waals surface area contributed by atoms with Gasteiger partial charge in [-0.2, -0.15) is 0 Å². The van der Waals surface area contributed by atoms with Crippen LogP contribution in [0.1, 0.15) is 23.2 Å². The molecule has 0 bridgehead atoms. The van der Waals surface area contributed by atoms with Gasteiger partial charge in [-0.15, -0.1) is 6.58 Å². The quantitative estimate of drug-likeness (QED) is 0.643. The van der Waals surface area contributed by atoms with Gasteiger partial charge in [-0.05, 0) is 43.7 Å². The van der Waals surface area contributed by atoms with E-state index in [1.165, 1.54) is 30.3 Å². The molecule has 1 unspecified atom stereocenters. The van der Waals surface area contributed by atoms with Crippen molar-refractivity contribution in [3.63, 3.8) is 0 Å². The molecule has 6 nitrogen and oxygen atoms in total. The van der Waals surface area contributed by atoms with E-state index in [1.807, 2.05) is 0 Å². The number of rotatable bonds is 7. The van der Waals surface area contributed by atoms with Gasteiger partial charge in [0.2, 0.25) is 10.0 Å². The molecule has 1 atom stereocenters. The molecule has 22 heavy (non-hydrogen) atoms. The Hall–Kier alpha value is -1.70. The van der Waals surface area contributed by atoms with Crippen molar-refractivity contribution in [3.05, 3.63) is 42.5 Å². The molecular formula is C15H21N3O3S. The number of nitrogens with one attached hydrogen (secondary N) is 3. The van der Waals surface area contributed by atoms with E-state index in [-0.39, 0.29) is 17.3 Å². The lowest BCUT2D eigenvalue weighted by atomic mass is 10.2. The van der Waals surface area contributed by atoms with Crippen molar-refractivity contribution in [2.75, 3.05) is 19.6 Å². The molecule has 1 saturated heterocycles. The van der Waals surface area contributed by atoms with E-state index in [4.69, 9.17) is 0 Å². The van der Waals surface area contributed by atoms with E-state index in [9.17, 15) is 13.2 Å². The molecule has 1 aromatic carbocycles. The van der Waals surface area contributed by atoms with Crippen LogP contribution in [0.25, 0.3) is 0 Å². The number of carbonyl (C=O) groups excluding carboxylic acids is 1. The second-order valence-corrected chi connectivity index (χ2v) is 6.94. The Morgan fingerprint density at radius 1 is 1.36 bits per heavy atom. The highest BCUT2D eigenvalue weighted by Gasteiger charge is 2.16. The van der Waals surface area contributed by atoms with Crippen LogP contribution in [0.15, 0.2) is 41.8 Å². The topological polar surface area (TPSA) is 87.3 Å². The number of hydrogen-bond acceptors (Lipinski definition) is 4. The largest absolute Gasteiger partial charge is 0.350 e. The molecule has 1 heterocycles. The van der Waals surface area contributed by atoms with E-state index in [0.29, 0.717) is 18.2 Å². The van der Waals surface area contributed by atoms with Gasteiger partial charge < -0.3 is 10.6 Å². The first-order chi connectivity index (χ1) is 10.5. The molecule has 1 aromatic rings. The van der Waals surface area contributed by atoms with Crippen LogP contribution in [0.3, 0.4) is 0 Å². The zero-order chi connectivity index (χ0) is 16.0. The van der Waals surface area contributed by atoms with Crippen LogP contribution in [0, 0.1) is 0 Å². The minimum Gasteiger partial charge on any atom is -0.350 e. The first-order valence-corrected chi connectivity index (χ1v) is 8.73. The van der Waals surface area contributed by atoms with Gasteiger partial charge in [0.25, 0.3) is 5.91 Å². The summed E-state index contributed by atoms with van der Waals surface area (Å²) in [5, 5.41) is 6.16. The van der Waals surface area contributed by atoms with Gasteiger partial charge in [0, 0.05) is 24.7 Å². The second kappa shape index (κ2) is 7.53. The number of carbonyl (C=O) groups is 1. The fraction of sp³-hybridized carbons (Fsp3) is 0.400. The monoisotopic (exact) mass is 323 g/mol. The molecule has 0 spiro atoms. The summed E-state index contributed by atoms with van der Waals surface area (Å²) in [7, 11) is -3.55. The van der Waals surface area contributed by atoms with E-state index in [1.54, 1.807) is 0 Å². The van der Waals surface area contributed by atoms with Crippen molar-refractivity contribution in [1.29, 1.82) is 0 Å². The molecule has 120 valence electrons. The maximum absolute atomic E-state index is 12.0. The molecule has 0 radical (unpaired) electrons. The molecule has 1 aliphatic heterocycles.